The molecule has 3 heterocycles. The van der Waals surface area contributed by atoms with Crippen molar-refractivity contribution in [3.8, 4) is 0 Å². The van der Waals surface area contributed by atoms with Crippen LogP contribution in [0.15, 0.2) is 46.2 Å². The average molecular weight is 482 g/mol. The van der Waals surface area contributed by atoms with E-state index in [4.69, 9.17) is 4.52 Å². The summed E-state index contributed by atoms with van der Waals surface area (Å²) in [5.41, 5.74) is 2.98. The van der Waals surface area contributed by atoms with E-state index in [1.54, 1.807) is 0 Å². The van der Waals surface area contributed by atoms with Crippen LogP contribution in [0.5, 0.6) is 0 Å². The molecule has 3 aromatic heterocycles. The van der Waals surface area contributed by atoms with Crippen LogP contribution < -0.4 is 10.6 Å². The number of pyridine rings is 1. The highest BCUT2D eigenvalue weighted by Crippen LogP contribution is 2.14. The lowest BCUT2D eigenvalue weighted by molar-refractivity contribution is 0.376. The van der Waals surface area contributed by atoms with Crippen molar-refractivity contribution in [3.05, 3.63) is 53.8 Å². The number of fused-ring (bicyclic) bond motifs is 1. The predicted molar refractivity (Wildman–Crippen MR) is 118 cm³/mol. The number of halogens is 1. The molecule has 0 spiro atoms. The fourth-order valence-corrected chi connectivity index (χ4v) is 2.59. The summed E-state index contributed by atoms with van der Waals surface area (Å²) in [5, 5.41) is 10.7. The molecular weight excluding hydrogens is 455 g/mol. The van der Waals surface area contributed by atoms with Gasteiger partial charge in [0.25, 0.3) is 0 Å². The molecular formula is C19H27IN6O. The maximum Gasteiger partial charge on any atom is 0.191 e. The largest absolute Gasteiger partial charge is 0.359 e. The second-order valence-electron chi connectivity index (χ2n) is 6.44. The predicted octanol–water partition coefficient (Wildman–Crippen LogP) is 3.36. The second kappa shape index (κ2) is 10.3. The van der Waals surface area contributed by atoms with Crippen LogP contribution in [0.1, 0.15) is 43.8 Å². The first-order chi connectivity index (χ1) is 12.7. The Hall–Kier alpha value is -2.10. The zero-order chi connectivity index (χ0) is 18.4. The highest BCUT2D eigenvalue weighted by Gasteiger charge is 2.07. The van der Waals surface area contributed by atoms with Crippen molar-refractivity contribution in [2.75, 3.05) is 13.1 Å². The van der Waals surface area contributed by atoms with Crippen LogP contribution in [-0.4, -0.2) is 33.6 Å². The van der Waals surface area contributed by atoms with Gasteiger partial charge in [-0.15, -0.1) is 24.0 Å². The molecule has 7 nitrogen and oxygen atoms in total. The molecule has 0 unspecified atom stereocenters. The van der Waals surface area contributed by atoms with Crippen LogP contribution in [0.25, 0.3) is 5.65 Å². The van der Waals surface area contributed by atoms with E-state index < -0.39 is 0 Å². The van der Waals surface area contributed by atoms with Gasteiger partial charge in [-0.05, 0) is 25.0 Å². The van der Waals surface area contributed by atoms with Crippen LogP contribution in [0.2, 0.25) is 0 Å². The highest BCUT2D eigenvalue weighted by molar-refractivity contribution is 14.0. The maximum absolute atomic E-state index is 5.34. The third kappa shape index (κ3) is 5.95. The fraction of sp³-hybridized carbons (Fsp3) is 0.421. The number of rotatable bonds is 7. The molecule has 146 valence electrons. The van der Waals surface area contributed by atoms with Gasteiger partial charge in [0.2, 0.25) is 0 Å². The summed E-state index contributed by atoms with van der Waals surface area (Å²) in [4.78, 5) is 9.17. The number of aromatic nitrogens is 3. The van der Waals surface area contributed by atoms with Crippen molar-refractivity contribution in [3.63, 3.8) is 0 Å². The summed E-state index contributed by atoms with van der Waals surface area (Å²) in [6.45, 7) is 8.25. The lowest BCUT2D eigenvalue weighted by Crippen LogP contribution is -2.38. The SMILES string of the molecule is CCNC(=NCc1cc(C(C)C)no1)NCCc1cn2ccccc2n1.I. The molecule has 0 aromatic carbocycles. The van der Waals surface area contributed by atoms with Gasteiger partial charge in [-0.1, -0.05) is 25.1 Å². The first-order valence-electron chi connectivity index (χ1n) is 9.06. The summed E-state index contributed by atoms with van der Waals surface area (Å²) in [6.07, 6.45) is 4.89. The summed E-state index contributed by atoms with van der Waals surface area (Å²) in [7, 11) is 0. The van der Waals surface area contributed by atoms with Crippen molar-refractivity contribution < 1.29 is 4.52 Å². The Balaban J connectivity index is 0.00000261. The van der Waals surface area contributed by atoms with Crippen LogP contribution in [0, 0.1) is 0 Å². The van der Waals surface area contributed by atoms with Crippen molar-refractivity contribution in [2.45, 2.75) is 39.7 Å². The molecule has 3 rings (SSSR count). The van der Waals surface area contributed by atoms with Crippen molar-refractivity contribution in [1.29, 1.82) is 0 Å². The molecule has 27 heavy (non-hydrogen) atoms. The summed E-state index contributed by atoms with van der Waals surface area (Å²) in [6, 6.07) is 7.97. The smallest absolute Gasteiger partial charge is 0.191 e. The number of imidazole rings is 1. The van der Waals surface area contributed by atoms with E-state index >= 15 is 0 Å². The summed E-state index contributed by atoms with van der Waals surface area (Å²) < 4.78 is 7.37. The molecule has 0 radical (unpaired) electrons. The number of guanidine groups is 1. The molecule has 0 fully saturated rings. The molecule has 0 aliphatic rings. The topological polar surface area (TPSA) is 79.8 Å². The standard InChI is InChI=1S/C19H26N6O.HI/c1-4-20-19(22-12-16-11-17(14(2)3)24-26-16)21-9-8-15-13-25-10-6-5-7-18(25)23-15;/h5-7,10-11,13-14H,4,8-9,12H2,1-3H3,(H2,20,21,22);1H. The molecule has 0 saturated heterocycles. The van der Waals surface area contributed by atoms with E-state index in [9.17, 15) is 0 Å². The van der Waals surface area contributed by atoms with Crippen LogP contribution >= 0.6 is 24.0 Å². The van der Waals surface area contributed by atoms with Crippen LogP contribution in [0.3, 0.4) is 0 Å². The van der Waals surface area contributed by atoms with Crippen LogP contribution in [-0.2, 0) is 13.0 Å². The molecule has 0 amide bonds. The quantitative estimate of drug-likeness (QED) is 0.307. The van der Waals surface area contributed by atoms with Gasteiger partial charge in [0.15, 0.2) is 11.7 Å². The van der Waals surface area contributed by atoms with Gasteiger partial charge >= 0.3 is 0 Å². The third-order valence-corrected chi connectivity index (χ3v) is 3.99. The molecule has 3 aromatic rings. The number of nitrogens with one attached hydrogen (secondary N) is 2. The first-order valence-corrected chi connectivity index (χ1v) is 9.06. The normalized spacial score (nSPS) is 11.6. The molecule has 0 saturated carbocycles. The molecule has 0 aliphatic carbocycles. The van der Waals surface area contributed by atoms with Crippen molar-refractivity contribution in [2.24, 2.45) is 4.99 Å². The lowest BCUT2D eigenvalue weighted by atomic mass is 10.1. The molecule has 2 N–H and O–H groups in total. The third-order valence-electron chi connectivity index (χ3n) is 3.99. The van der Waals surface area contributed by atoms with Crippen molar-refractivity contribution in [1.82, 2.24) is 25.2 Å². The zero-order valence-corrected chi connectivity index (χ0v) is 18.3. The minimum atomic E-state index is 0. The Morgan fingerprint density at radius 1 is 1.30 bits per heavy atom. The van der Waals surface area contributed by atoms with Gasteiger partial charge in [0.05, 0.1) is 11.4 Å². The average Bonchev–Trinajstić information content (AvgIpc) is 3.26. The number of hydrogen-bond acceptors (Lipinski definition) is 4. The first kappa shape index (κ1) is 21.2. The minimum absolute atomic E-state index is 0. The van der Waals surface area contributed by atoms with Gasteiger partial charge < -0.3 is 19.6 Å². The Morgan fingerprint density at radius 3 is 2.85 bits per heavy atom. The monoisotopic (exact) mass is 482 g/mol. The van der Waals surface area contributed by atoms with Gasteiger partial charge in [0.1, 0.15) is 12.2 Å². The molecule has 0 aliphatic heterocycles. The van der Waals surface area contributed by atoms with Crippen LogP contribution in [0.4, 0.5) is 0 Å². The Kier molecular flexibility index (Phi) is 8.08. The van der Waals surface area contributed by atoms with E-state index in [0.29, 0.717) is 12.5 Å². The van der Waals surface area contributed by atoms with Gasteiger partial charge in [0, 0.05) is 38.0 Å². The fourth-order valence-electron chi connectivity index (χ4n) is 2.59. The van der Waals surface area contributed by atoms with Gasteiger partial charge in [-0.3, -0.25) is 0 Å². The van der Waals surface area contributed by atoms with E-state index in [-0.39, 0.29) is 24.0 Å². The molecule has 0 atom stereocenters. The number of nitrogens with zero attached hydrogens (tertiary/aromatic N) is 4. The summed E-state index contributed by atoms with van der Waals surface area (Å²) in [5.74, 6) is 1.89. The highest BCUT2D eigenvalue weighted by atomic mass is 127. The van der Waals surface area contributed by atoms with E-state index in [1.165, 1.54) is 0 Å². The molecule has 0 bridgehead atoms. The molecule has 8 heteroatoms. The maximum atomic E-state index is 5.34. The van der Waals surface area contributed by atoms with E-state index in [0.717, 1.165) is 48.3 Å². The Bertz CT molecular complexity index is 837. The van der Waals surface area contributed by atoms with Gasteiger partial charge in [-0.25, -0.2) is 9.98 Å². The minimum Gasteiger partial charge on any atom is -0.359 e. The number of hydrogen-bond donors (Lipinski definition) is 2. The zero-order valence-electron chi connectivity index (χ0n) is 16.0. The lowest BCUT2D eigenvalue weighted by Gasteiger charge is -2.10. The van der Waals surface area contributed by atoms with Crippen molar-refractivity contribution >= 4 is 35.6 Å². The Labute approximate surface area is 176 Å². The van der Waals surface area contributed by atoms with E-state index in [1.807, 2.05) is 41.8 Å². The van der Waals surface area contributed by atoms with E-state index in [2.05, 4.69) is 45.8 Å². The Morgan fingerprint density at radius 2 is 2.15 bits per heavy atom. The summed E-state index contributed by atoms with van der Waals surface area (Å²) >= 11 is 0. The second-order valence-corrected chi connectivity index (χ2v) is 6.44. The van der Waals surface area contributed by atoms with Gasteiger partial charge in [-0.2, -0.15) is 0 Å². The number of aliphatic imine (C=N–C) groups is 1.